The summed E-state index contributed by atoms with van der Waals surface area (Å²) in [7, 11) is 0. The number of nitrogens with two attached hydrogens (primary N) is 1. The van der Waals surface area contributed by atoms with Gasteiger partial charge in [0.25, 0.3) is 0 Å². The number of fused-ring (bicyclic) bond motifs is 3. The Morgan fingerprint density at radius 1 is 1.19 bits per heavy atom. The van der Waals surface area contributed by atoms with Crippen molar-refractivity contribution < 1.29 is 0 Å². The summed E-state index contributed by atoms with van der Waals surface area (Å²) in [5, 5.41) is 15.2. The number of hydrogen-bond acceptors (Lipinski definition) is 5. The molecule has 7 heteroatoms. The first-order chi connectivity index (χ1) is 14.9. The quantitative estimate of drug-likeness (QED) is 0.501. The molecule has 1 aliphatic heterocycles. The fourth-order valence-electron chi connectivity index (χ4n) is 4.82. The summed E-state index contributed by atoms with van der Waals surface area (Å²) in [5.41, 5.74) is 10.0. The van der Waals surface area contributed by atoms with Crippen LogP contribution < -0.4 is 11.1 Å². The highest BCUT2D eigenvalue weighted by Crippen LogP contribution is 2.45. The molecule has 0 saturated carbocycles. The summed E-state index contributed by atoms with van der Waals surface area (Å²) in [6, 6.07) is 8.32. The van der Waals surface area contributed by atoms with Crippen molar-refractivity contribution >= 4 is 22.9 Å². The minimum absolute atomic E-state index is 0.0487. The summed E-state index contributed by atoms with van der Waals surface area (Å²) in [5.74, 6) is 2.65. The maximum Gasteiger partial charge on any atom is 0.155 e. The van der Waals surface area contributed by atoms with Gasteiger partial charge in [-0.3, -0.25) is 9.88 Å². The van der Waals surface area contributed by atoms with Gasteiger partial charge in [0.1, 0.15) is 10.8 Å². The van der Waals surface area contributed by atoms with Gasteiger partial charge in [0.05, 0.1) is 12.1 Å². The highest BCUT2D eigenvalue weighted by molar-refractivity contribution is 7.14. The Hall–Kier alpha value is -1.73. The molecule has 0 spiro atoms. The van der Waals surface area contributed by atoms with Crippen LogP contribution in [0.1, 0.15) is 72.0 Å². The van der Waals surface area contributed by atoms with Gasteiger partial charge in [-0.25, -0.2) is 0 Å². The molecule has 1 aliphatic rings. The largest absolute Gasteiger partial charge is 0.330 e. The van der Waals surface area contributed by atoms with Crippen molar-refractivity contribution in [2.75, 3.05) is 6.54 Å². The lowest BCUT2D eigenvalue weighted by Crippen LogP contribution is -2.37. The number of rotatable bonds is 6. The zero-order chi connectivity index (χ0) is 22.3. The predicted molar refractivity (Wildman–Crippen MR) is 129 cm³/mol. The van der Waals surface area contributed by atoms with Crippen LogP contribution in [-0.2, 0) is 0 Å². The molecular weight excluding hydrogens is 426 g/mol. The van der Waals surface area contributed by atoms with Crippen LogP contribution in [0.3, 0.4) is 0 Å². The van der Waals surface area contributed by atoms with Crippen LogP contribution in [0, 0.1) is 32.6 Å². The van der Waals surface area contributed by atoms with Gasteiger partial charge in [-0.05, 0) is 68.8 Å². The normalized spacial score (nSPS) is 20.1. The van der Waals surface area contributed by atoms with Gasteiger partial charge in [-0.2, -0.15) is 0 Å². The van der Waals surface area contributed by atoms with E-state index in [9.17, 15) is 0 Å². The van der Waals surface area contributed by atoms with Crippen LogP contribution in [-0.4, -0.2) is 21.3 Å². The average Bonchev–Trinajstić information content (AvgIpc) is 3.22. The van der Waals surface area contributed by atoms with Gasteiger partial charge in [0.2, 0.25) is 0 Å². The van der Waals surface area contributed by atoms with Crippen LogP contribution in [0.2, 0.25) is 5.02 Å². The van der Waals surface area contributed by atoms with Gasteiger partial charge in [0.15, 0.2) is 5.82 Å². The molecule has 0 amide bonds. The van der Waals surface area contributed by atoms with Gasteiger partial charge in [-0.1, -0.05) is 44.0 Å². The number of aryl methyl sites for hydroxylation is 2. The van der Waals surface area contributed by atoms with E-state index < -0.39 is 0 Å². The molecule has 1 aromatic carbocycles. The number of hydrogen-bond donors (Lipinski definition) is 2. The van der Waals surface area contributed by atoms with Gasteiger partial charge < -0.3 is 5.73 Å². The third-order valence-corrected chi connectivity index (χ3v) is 8.19. The van der Waals surface area contributed by atoms with E-state index in [1.165, 1.54) is 26.6 Å². The smallest absolute Gasteiger partial charge is 0.155 e. The molecule has 3 heterocycles. The second kappa shape index (κ2) is 9.02. The van der Waals surface area contributed by atoms with Crippen molar-refractivity contribution in [2.45, 2.75) is 59.5 Å². The SMILES string of the molecule is CCCC(C(C)CN)C1NC(c2ccc(Cl)cc2)c2c(sc(C)c2C)-n2c(C)nnc21. The maximum atomic E-state index is 6.22. The van der Waals surface area contributed by atoms with Gasteiger partial charge in [0, 0.05) is 15.5 Å². The van der Waals surface area contributed by atoms with Crippen molar-refractivity contribution in [1.29, 1.82) is 0 Å². The Morgan fingerprint density at radius 3 is 2.55 bits per heavy atom. The van der Waals surface area contributed by atoms with Crippen LogP contribution in [0.4, 0.5) is 0 Å². The summed E-state index contributed by atoms with van der Waals surface area (Å²) < 4.78 is 2.28. The number of halogens is 1. The van der Waals surface area contributed by atoms with E-state index in [0.29, 0.717) is 18.4 Å². The van der Waals surface area contributed by atoms with Gasteiger partial charge >= 0.3 is 0 Å². The zero-order valence-electron chi connectivity index (χ0n) is 18.9. The Kier molecular flexibility index (Phi) is 6.54. The molecule has 31 heavy (non-hydrogen) atoms. The van der Waals surface area contributed by atoms with E-state index in [1.54, 1.807) is 0 Å². The summed E-state index contributed by atoms with van der Waals surface area (Å²) >= 11 is 8.05. The predicted octanol–water partition coefficient (Wildman–Crippen LogP) is 5.65. The second-order valence-electron chi connectivity index (χ2n) is 8.74. The Labute approximate surface area is 194 Å². The highest BCUT2D eigenvalue weighted by Gasteiger charge is 2.39. The number of nitrogens with one attached hydrogen (secondary N) is 1. The molecule has 0 saturated heterocycles. The van der Waals surface area contributed by atoms with Crippen molar-refractivity contribution in [3.8, 4) is 5.00 Å². The third-order valence-electron chi connectivity index (χ3n) is 6.73. The fourth-order valence-corrected chi connectivity index (χ4v) is 6.20. The topological polar surface area (TPSA) is 68.8 Å². The minimum atomic E-state index is 0.0487. The standard InChI is InChI=1S/C24H32ClN5S/c1-6-7-19(13(2)12-26)22-23-29-28-16(5)30(23)24-20(14(3)15(4)31-24)21(27-22)17-8-10-18(25)11-9-17/h8-11,13,19,21-22,27H,6-7,12,26H2,1-5H3. The van der Waals surface area contributed by atoms with E-state index in [0.717, 1.165) is 29.5 Å². The van der Waals surface area contributed by atoms with E-state index in [-0.39, 0.29) is 12.1 Å². The molecule has 3 aromatic rings. The zero-order valence-corrected chi connectivity index (χ0v) is 20.5. The van der Waals surface area contributed by atoms with E-state index in [1.807, 2.05) is 30.4 Å². The van der Waals surface area contributed by atoms with Crippen LogP contribution >= 0.6 is 22.9 Å². The van der Waals surface area contributed by atoms with Crippen molar-refractivity contribution in [1.82, 2.24) is 20.1 Å². The summed E-state index contributed by atoms with van der Waals surface area (Å²) in [4.78, 5) is 1.32. The van der Waals surface area contributed by atoms with Crippen molar-refractivity contribution in [3.63, 3.8) is 0 Å². The average molecular weight is 458 g/mol. The number of thiophene rings is 1. The minimum Gasteiger partial charge on any atom is -0.330 e. The third kappa shape index (κ3) is 3.95. The van der Waals surface area contributed by atoms with Gasteiger partial charge in [-0.15, -0.1) is 21.5 Å². The van der Waals surface area contributed by atoms with Crippen molar-refractivity contribution in [3.05, 3.63) is 62.5 Å². The molecule has 4 unspecified atom stereocenters. The Balaban J connectivity index is 1.95. The first-order valence-corrected chi connectivity index (χ1v) is 12.3. The Bertz CT molecular complexity index is 1050. The second-order valence-corrected chi connectivity index (χ2v) is 10.4. The number of nitrogens with zero attached hydrogens (tertiary/aromatic N) is 3. The van der Waals surface area contributed by atoms with E-state index in [2.05, 4.69) is 54.8 Å². The van der Waals surface area contributed by atoms with Crippen molar-refractivity contribution in [2.24, 2.45) is 17.6 Å². The molecule has 166 valence electrons. The molecule has 0 fully saturated rings. The number of benzene rings is 1. The lowest BCUT2D eigenvalue weighted by Gasteiger charge is -2.33. The molecule has 0 radical (unpaired) electrons. The monoisotopic (exact) mass is 457 g/mol. The fraction of sp³-hybridized carbons (Fsp3) is 0.500. The molecule has 4 atom stereocenters. The van der Waals surface area contributed by atoms with Crippen LogP contribution in [0.15, 0.2) is 24.3 Å². The molecule has 3 N–H and O–H groups in total. The molecular formula is C24H32ClN5S. The van der Waals surface area contributed by atoms with E-state index in [4.69, 9.17) is 22.4 Å². The lowest BCUT2D eigenvalue weighted by atomic mass is 9.82. The molecule has 2 aromatic heterocycles. The Morgan fingerprint density at radius 2 is 1.90 bits per heavy atom. The summed E-state index contributed by atoms with van der Waals surface area (Å²) in [6.45, 7) is 11.6. The first-order valence-electron chi connectivity index (χ1n) is 11.1. The number of aromatic nitrogens is 3. The lowest BCUT2D eigenvalue weighted by molar-refractivity contribution is 0.234. The van der Waals surface area contributed by atoms with E-state index >= 15 is 0 Å². The highest BCUT2D eigenvalue weighted by atomic mass is 35.5. The molecule has 0 bridgehead atoms. The molecule has 5 nitrogen and oxygen atoms in total. The van der Waals surface area contributed by atoms with Crippen LogP contribution in [0.25, 0.3) is 5.00 Å². The van der Waals surface area contributed by atoms with Crippen LogP contribution in [0.5, 0.6) is 0 Å². The summed E-state index contributed by atoms with van der Waals surface area (Å²) in [6.07, 6.45) is 2.19. The first kappa shape index (κ1) is 22.5. The molecule has 4 rings (SSSR count). The molecule has 0 aliphatic carbocycles. The maximum absolute atomic E-state index is 6.22.